The number of benzene rings is 1. The van der Waals surface area contributed by atoms with E-state index >= 15 is 0 Å². The monoisotopic (exact) mass is 313 g/mol. The Balaban J connectivity index is 1.63. The van der Waals surface area contributed by atoms with E-state index in [1.807, 2.05) is 12.1 Å². The first-order valence-electron chi connectivity index (χ1n) is 7.67. The minimum absolute atomic E-state index is 0.0401. The van der Waals surface area contributed by atoms with Gasteiger partial charge in [-0.05, 0) is 36.5 Å². The van der Waals surface area contributed by atoms with Crippen molar-refractivity contribution in [3.63, 3.8) is 0 Å². The summed E-state index contributed by atoms with van der Waals surface area (Å²) >= 11 is 0. The van der Waals surface area contributed by atoms with Crippen LogP contribution in [0.5, 0.6) is 0 Å². The summed E-state index contributed by atoms with van der Waals surface area (Å²) < 4.78 is 5.05. The van der Waals surface area contributed by atoms with Crippen molar-refractivity contribution in [2.45, 2.75) is 25.3 Å². The summed E-state index contributed by atoms with van der Waals surface area (Å²) in [6.07, 6.45) is 4.48. The van der Waals surface area contributed by atoms with E-state index < -0.39 is 5.97 Å². The average Bonchev–Trinajstić information content (AvgIpc) is 3.13. The highest BCUT2D eigenvalue weighted by Crippen LogP contribution is 2.33. The molecule has 0 aliphatic heterocycles. The van der Waals surface area contributed by atoms with Gasteiger partial charge in [-0.25, -0.2) is 4.79 Å². The molecule has 23 heavy (non-hydrogen) atoms. The molecule has 120 valence electrons. The number of esters is 1. The molecule has 1 aromatic heterocycles. The lowest BCUT2D eigenvalue weighted by molar-refractivity contribution is -0.135. The number of rotatable bonds is 4. The van der Waals surface area contributed by atoms with Crippen molar-refractivity contribution >= 4 is 11.9 Å². The Kier molecular flexibility index (Phi) is 4.41. The SMILES string of the molecule is CN(C(=O)COC(=O)c1ccn[nH]1)[C@@H]1CCCc2ccccc21. The normalized spacial score (nSPS) is 16.5. The summed E-state index contributed by atoms with van der Waals surface area (Å²) in [6, 6.07) is 9.74. The van der Waals surface area contributed by atoms with Gasteiger partial charge < -0.3 is 9.64 Å². The molecule has 1 aliphatic carbocycles. The van der Waals surface area contributed by atoms with Gasteiger partial charge in [0.1, 0.15) is 5.69 Å². The summed E-state index contributed by atoms with van der Waals surface area (Å²) in [7, 11) is 1.76. The molecule has 1 N–H and O–H groups in total. The summed E-state index contributed by atoms with van der Waals surface area (Å²) in [5.74, 6) is -0.784. The molecule has 1 amide bonds. The van der Waals surface area contributed by atoms with Crippen LogP contribution in [-0.2, 0) is 16.0 Å². The zero-order valence-electron chi connectivity index (χ0n) is 13.0. The largest absolute Gasteiger partial charge is 0.451 e. The molecule has 1 atom stereocenters. The fourth-order valence-corrected chi connectivity index (χ4v) is 2.98. The lowest BCUT2D eigenvalue weighted by atomic mass is 9.87. The zero-order chi connectivity index (χ0) is 16.2. The van der Waals surface area contributed by atoms with Gasteiger partial charge in [0.05, 0.1) is 6.04 Å². The van der Waals surface area contributed by atoms with Crippen LogP contribution in [0.2, 0.25) is 0 Å². The Hall–Kier alpha value is -2.63. The van der Waals surface area contributed by atoms with E-state index in [0.29, 0.717) is 0 Å². The van der Waals surface area contributed by atoms with E-state index in [4.69, 9.17) is 4.74 Å². The van der Waals surface area contributed by atoms with Crippen molar-refractivity contribution in [2.24, 2.45) is 0 Å². The van der Waals surface area contributed by atoms with Gasteiger partial charge in [0.25, 0.3) is 5.91 Å². The lowest BCUT2D eigenvalue weighted by Gasteiger charge is -2.33. The molecule has 0 bridgehead atoms. The molecule has 3 rings (SSSR count). The number of hydrogen-bond donors (Lipinski definition) is 1. The van der Waals surface area contributed by atoms with Crippen LogP contribution in [0.4, 0.5) is 0 Å². The fraction of sp³-hybridized carbons (Fsp3) is 0.353. The number of aryl methyl sites for hydroxylation is 1. The van der Waals surface area contributed by atoms with E-state index in [-0.39, 0.29) is 24.2 Å². The molecule has 6 nitrogen and oxygen atoms in total. The van der Waals surface area contributed by atoms with Crippen molar-refractivity contribution in [3.8, 4) is 0 Å². The molecule has 0 fully saturated rings. The molecular weight excluding hydrogens is 294 g/mol. The Bertz CT molecular complexity index is 697. The second-order valence-corrected chi connectivity index (χ2v) is 5.66. The molecule has 0 radical (unpaired) electrons. The predicted octanol–water partition coefficient (Wildman–Crippen LogP) is 2.10. The number of hydrogen-bond acceptors (Lipinski definition) is 4. The number of fused-ring (bicyclic) bond motifs is 1. The first kappa shape index (κ1) is 15.3. The Morgan fingerprint density at radius 1 is 1.35 bits per heavy atom. The van der Waals surface area contributed by atoms with Gasteiger partial charge in [-0.1, -0.05) is 24.3 Å². The summed E-state index contributed by atoms with van der Waals surface area (Å²) in [5, 5.41) is 6.20. The van der Waals surface area contributed by atoms with Gasteiger partial charge in [0, 0.05) is 13.2 Å². The van der Waals surface area contributed by atoms with Crippen molar-refractivity contribution in [1.29, 1.82) is 0 Å². The summed E-state index contributed by atoms with van der Waals surface area (Å²) in [4.78, 5) is 25.8. The third kappa shape index (κ3) is 3.26. The highest BCUT2D eigenvalue weighted by atomic mass is 16.5. The second-order valence-electron chi connectivity index (χ2n) is 5.66. The smallest absolute Gasteiger partial charge is 0.356 e. The first-order valence-corrected chi connectivity index (χ1v) is 7.67. The molecule has 6 heteroatoms. The van der Waals surface area contributed by atoms with Crippen molar-refractivity contribution in [2.75, 3.05) is 13.7 Å². The Labute approximate surface area is 134 Å². The first-order chi connectivity index (χ1) is 11.2. The van der Waals surface area contributed by atoms with E-state index in [1.54, 1.807) is 11.9 Å². The highest BCUT2D eigenvalue weighted by molar-refractivity contribution is 5.89. The quantitative estimate of drug-likeness (QED) is 0.877. The van der Waals surface area contributed by atoms with Gasteiger partial charge in [-0.2, -0.15) is 5.10 Å². The number of H-pyrrole nitrogens is 1. The topological polar surface area (TPSA) is 75.3 Å². The molecule has 0 spiro atoms. The number of amides is 1. The van der Waals surface area contributed by atoms with Crippen molar-refractivity contribution in [3.05, 3.63) is 53.3 Å². The van der Waals surface area contributed by atoms with Crippen LogP contribution in [0.25, 0.3) is 0 Å². The maximum absolute atomic E-state index is 12.3. The van der Waals surface area contributed by atoms with E-state index in [0.717, 1.165) is 19.3 Å². The number of nitrogens with one attached hydrogen (secondary N) is 1. The molecule has 0 saturated carbocycles. The zero-order valence-corrected chi connectivity index (χ0v) is 13.0. The molecule has 1 aliphatic rings. The van der Waals surface area contributed by atoms with Crippen molar-refractivity contribution in [1.82, 2.24) is 15.1 Å². The van der Waals surface area contributed by atoms with E-state index in [1.165, 1.54) is 23.4 Å². The number of aromatic amines is 1. The van der Waals surface area contributed by atoms with Gasteiger partial charge in [0.15, 0.2) is 6.61 Å². The van der Waals surface area contributed by atoms with Crippen LogP contribution in [-0.4, -0.2) is 40.6 Å². The minimum atomic E-state index is -0.576. The predicted molar refractivity (Wildman–Crippen MR) is 83.8 cm³/mol. The average molecular weight is 313 g/mol. The summed E-state index contributed by atoms with van der Waals surface area (Å²) in [5.41, 5.74) is 2.72. The molecule has 1 heterocycles. The lowest BCUT2D eigenvalue weighted by Crippen LogP contribution is -2.36. The van der Waals surface area contributed by atoms with Gasteiger partial charge in [-0.3, -0.25) is 9.89 Å². The van der Waals surface area contributed by atoms with Crippen LogP contribution < -0.4 is 0 Å². The molecule has 2 aromatic rings. The van der Waals surface area contributed by atoms with Gasteiger partial charge in [0.2, 0.25) is 0 Å². The number of carbonyl (C=O) groups is 2. The maximum Gasteiger partial charge on any atom is 0.356 e. The van der Waals surface area contributed by atoms with Crippen LogP contribution in [0.15, 0.2) is 36.5 Å². The number of aromatic nitrogens is 2. The molecular formula is C17H19N3O3. The van der Waals surface area contributed by atoms with Crippen LogP contribution in [0.3, 0.4) is 0 Å². The van der Waals surface area contributed by atoms with Gasteiger partial charge in [-0.15, -0.1) is 0 Å². The fourth-order valence-electron chi connectivity index (χ4n) is 2.98. The van der Waals surface area contributed by atoms with Crippen LogP contribution >= 0.6 is 0 Å². The molecule has 0 saturated heterocycles. The standard InChI is InChI=1S/C17H19N3O3/c1-20(15-8-4-6-12-5-2-3-7-13(12)15)16(21)11-23-17(22)14-9-10-18-19-14/h2-3,5,7,9-10,15H,4,6,8,11H2,1H3,(H,18,19)/t15-/m1/s1. The number of likely N-dealkylation sites (N-methyl/N-ethyl adjacent to an activating group) is 1. The summed E-state index contributed by atoms with van der Waals surface area (Å²) in [6.45, 7) is -0.271. The molecule has 1 aromatic carbocycles. The second kappa shape index (κ2) is 6.64. The van der Waals surface area contributed by atoms with Gasteiger partial charge >= 0.3 is 5.97 Å². The number of ether oxygens (including phenoxy) is 1. The van der Waals surface area contributed by atoms with Crippen molar-refractivity contribution < 1.29 is 14.3 Å². The highest BCUT2D eigenvalue weighted by Gasteiger charge is 2.27. The Morgan fingerprint density at radius 2 is 2.17 bits per heavy atom. The third-order valence-corrected chi connectivity index (χ3v) is 4.25. The minimum Gasteiger partial charge on any atom is -0.451 e. The Morgan fingerprint density at radius 3 is 2.96 bits per heavy atom. The van der Waals surface area contributed by atoms with Crippen LogP contribution in [0.1, 0.15) is 40.5 Å². The van der Waals surface area contributed by atoms with Crippen LogP contribution in [0, 0.1) is 0 Å². The number of nitrogens with zero attached hydrogens (tertiary/aromatic N) is 2. The molecule has 0 unspecified atom stereocenters. The third-order valence-electron chi connectivity index (χ3n) is 4.25. The van der Waals surface area contributed by atoms with E-state index in [9.17, 15) is 9.59 Å². The number of carbonyl (C=O) groups excluding carboxylic acids is 2. The van der Waals surface area contributed by atoms with E-state index in [2.05, 4.69) is 22.3 Å². The maximum atomic E-state index is 12.3.